The molecule has 0 saturated heterocycles. The fourth-order valence-corrected chi connectivity index (χ4v) is 0.356. The van der Waals surface area contributed by atoms with E-state index in [0.717, 1.165) is 12.8 Å². The van der Waals surface area contributed by atoms with E-state index in [1.54, 1.807) is 0 Å². The Morgan fingerprint density at radius 1 is 0.692 bits per heavy atom. The average Bonchev–Trinajstić information content (AvgIpc) is 2.81. The molecule has 8 radical (unpaired) electrons. The quantitative estimate of drug-likeness (QED) is 0.116. The van der Waals surface area contributed by atoms with E-state index in [0.29, 0.717) is 0 Å². The van der Waals surface area contributed by atoms with Gasteiger partial charge in [0.2, 0.25) is 0 Å². The summed E-state index contributed by atoms with van der Waals surface area (Å²) in [6.07, 6.45) is 5.16. The van der Waals surface area contributed by atoms with Gasteiger partial charge >= 0.3 is 60.2 Å². The summed E-state index contributed by atoms with van der Waals surface area (Å²) in [6.45, 7) is 11.4. The first kappa shape index (κ1) is 71.2. The molecular weight excluding hydrogens is 843 g/mol. The molecule has 16 N–H and O–H groups in total. The van der Waals surface area contributed by atoms with Gasteiger partial charge in [-0.15, -0.1) is 0 Å². The molecule has 0 atom stereocenters. The van der Waals surface area contributed by atoms with Crippen molar-refractivity contribution in [2.75, 3.05) is 25.8 Å². The van der Waals surface area contributed by atoms with Gasteiger partial charge in [0.25, 0.3) is 6.03 Å². The maximum Gasteiger partial charge on any atom is 2.00 e. The van der Waals surface area contributed by atoms with Crippen molar-refractivity contribution in [1.29, 1.82) is 0 Å². The SMILES string of the molecule is C.NC(N)=O.[B]CN.[B]CNC(=O)N[CH2-].[B]CNC(N)=O.[B]CNC(N)=O.[CH2-]CCC.[CH2-]CCC.[CH2-]N.[W+2].[W+2]. The molecule has 0 saturated carbocycles. The van der Waals surface area contributed by atoms with Crippen molar-refractivity contribution in [1.82, 2.24) is 21.3 Å². The number of urea groups is 4. The monoisotopic (exact) mass is 894 g/mol. The Kier molecular flexibility index (Phi) is 166. The largest absolute Gasteiger partial charge is 2.00 e. The van der Waals surface area contributed by atoms with Gasteiger partial charge in [-0.25, -0.2) is 14.4 Å². The zero-order valence-electron chi connectivity index (χ0n) is 22.7. The van der Waals surface area contributed by atoms with Gasteiger partial charge in [-0.2, -0.15) is 12.8 Å². The fourth-order valence-electron chi connectivity index (χ4n) is 0.356. The van der Waals surface area contributed by atoms with Gasteiger partial charge in [0.05, 0.1) is 31.4 Å². The molecule has 0 aliphatic rings. The van der Waals surface area contributed by atoms with Crippen LogP contribution in [0.4, 0.5) is 19.2 Å². The van der Waals surface area contributed by atoms with Gasteiger partial charge in [0.15, 0.2) is 0 Å². The van der Waals surface area contributed by atoms with Crippen LogP contribution < -0.4 is 55.7 Å². The molecule has 8 amide bonds. The molecule has 0 aromatic heterocycles. The predicted octanol–water partition coefficient (Wildman–Crippen LogP) is -1.53. The summed E-state index contributed by atoms with van der Waals surface area (Å²) >= 11 is 0. The molecule has 0 unspecified atom stereocenters. The number of unbranched alkanes of at least 4 members (excludes halogenated alkanes) is 2. The number of nitrogens with one attached hydrogen (secondary N) is 4. The second kappa shape index (κ2) is 90.8. The van der Waals surface area contributed by atoms with Gasteiger partial charge in [-0.3, -0.25) is 18.9 Å². The van der Waals surface area contributed by atoms with Crippen molar-refractivity contribution in [3.8, 4) is 0 Å². The molecule has 0 bridgehead atoms. The van der Waals surface area contributed by atoms with Gasteiger partial charge in [0.1, 0.15) is 0 Å². The number of hydrogen-bond donors (Lipinski definition) is 10. The maximum atomic E-state index is 10.0. The van der Waals surface area contributed by atoms with Crippen LogP contribution in [0.15, 0.2) is 0 Å². The third-order valence-corrected chi connectivity index (χ3v) is 1.68. The molecule has 0 aliphatic heterocycles. The standard InChI is InChI=1S/2C4H9.C3H6BN2O.2C2H5BN2O.CH4BN.CH4N2O.CH4N.CH4.2W/c2*1-3-4-2;1-5-3(7)6-2-4;2*3-1-5-2(4)6;2-1-3;2-1(3)4;1-2;;;/h2*1,3-4H2,2H3;1-2H2,(H2,5,6,7);2*1H2,(H3,4,5,6);1,3H2;(H4,2,3,4);1-2H2;1H4;;/q3*-1;;;;;-1;;2*+2. The Hall–Kier alpha value is -1.36. The molecule has 39 heavy (non-hydrogen) atoms. The molecule has 20 heteroatoms. The van der Waals surface area contributed by atoms with Crippen LogP contribution in [0.5, 0.6) is 0 Å². The Balaban J connectivity index is -0.0000000258. The second-order valence-corrected chi connectivity index (χ2v) is 4.72. The first-order valence-electron chi connectivity index (χ1n) is 10.2. The predicted molar refractivity (Wildman–Crippen MR) is 160 cm³/mol. The summed E-state index contributed by atoms with van der Waals surface area (Å²) in [6, 6.07) is -2.36. The molecule has 14 nitrogen and oxygen atoms in total. The molecule has 0 heterocycles. The van der Waals surface area contributed by atoms with Crippen LogP contribution in [-0.4, -0.2) is 81.3 Å². The molecule has 0 rings (SSSR count). The third kappa shape index (κ3) is 325. The third-order valence-electron chi connectivity index (χ3n) is 1.68. The van der Waals surface area contributed by atoms with Gasteiger partial charge in [-0.1, -0.05) is 34.1 Å². The van der Waals surface area contributed by atoms with E-state index < -0.39 is 18.1 Å². The minimum Gasteiger partial charge on any atom is -0.490 e. The van der Waals surface area contributed by atoms with Gasteiger partial charge in [0, 0.05) is 0 Å². The number of nitrogens with two attached hydrogens (primary N) is 6. The number of carbonyl (C=O) groups excluding carboxylic acids is 4. The van der Waals surface area contributed by atoms with Crippen molar-refractivity contribution in [2.45, 2.75) is 47.0 Å². The summed E-state index contributed by atoms with van der Waals surface area (Å²) in [7, 11) is 25.0. The number of amides is 8. The molecule has 0 spiro atoms. The van der Waals surface area contributed by atoms with Crippen molar-refractivity contribution in [3.05, 3.63) is 27.9 Å². The second-order valence-electron chi connectivity index (χ2n) is 4.72. The van der Waals surface area contributed by atoms with Crippen LogP contribution >= 0.6 is 0 Å². The minimum absolute atomic E-state index is 0. The van der Waals surface area contributed by atoms with E-state index in [2.05, 4.69) is 105 Å². The number of carbonyl (C=O) groups is 4. The normalized spacial score (nSPS) is 6.36. The van der Waals surface area contributed by atoms with E-state index in [1.165, 1.54) is 12.8 Å². The van der Waals surface area contributed by atoms with Crippen molar-refractivity contribution in [3.63, 3.8) is 0 Å². The first-order valence-corrected chi connectivity index (χ1v) is 10.2. The van der Waals surface area contributed by atoms with E-state index in [1.807, 2.05) is 0 Å². The van der Waals surface area contributed by atoms with Crippen LogP contribution in [0.3, 0.4) is 0 Å². The van der Waals surface area contributed by atoms with Gasteiger partial charge in [-0.05, 0) is 25.8 Å². The molecule has 0 fully saturated rings. The van der Waals surface area contributed by atoms with Crippen LogP contribution in [0.2, 0.25) is 0 Å². The zero-order chi connectivity index (χ0) is 30.8. The zero-order valence-corrected chi connectivity index (χ0v) is 28.6. The van der Waals surface area contributed by atoms with E-state index in [4.69, 9.17) is 28.3 Å². The summed E-state index contributed by atoms with van der Waals surface area (Å²) < 4.78 is 0. The number of hydrogen-bond acceptors (Lipinski definition) is 6. The molecule has 0 aromatic carbocycles. The summed E-state index contributed by atoms with van der Waals surface area (Å²) in [4.78, 5) is 38.3. The Bertz CT molecular complexity index is 402. The Morgan fingerprint density at radius 2 is 0.872 bits per heavy atom. The number of primary amides is 4. The molecular formula is C19H50B4N10O4W2. The van der Waals surface area contributed by atoms with Crippen LogP contribution in [0, 0.1) is 27.9 Å². The average molecular weight is 894 g/mol. The van der Waals surface area contributed by atoms with Crippen molar-refractivity contribution >= 4 is 55.5 Å². The van der Waals surface area contributed by atoms with E-state index in [9.17, 15) is 14.4 Å². The summed E-state index contributed by atoms with van der Waals surface area (Å²) in [5.74, 6) is 0. The smallest absolute Gasteiger partial charge is 0.490 e. The Morgan fingerprint density at radius 3 is 0.897 bits per heavy atom. The number of rotatable bonds is 5. The van der Waals surface area contributed by atoms with Gasteiger partial charge < -0.3 is 69.5 Å². The first-order chi connectivity index (χ1) is 16.8. The fraction of sp³-hybridized carbons (Fsp3) is 0.579. The van der Waals surface area contributed by atoms with Crippen LogP contribution in [0.1, 0.15) is 47.0 Å². The summed E-state index contributed by atoms with van der Waals surface area (Å²) in [5, 5.41) is 8.60. The molecule has 224 valence electrons. The van der Waals surface area contributed by atoms with E-state index in [-0.39, 0.29) is 81.4 Å². The van der Waals surface area contributed by atoms with Crippen molar-refractivity contribution < 1.29 is 61.3 Å². The maximum absolute atomic E-state index is 10.0. The Labute approximate surface area is 272 Å². The minimum atomic E-state index is -0.833. The summed E-state index contributed by atoms with van der Waals surface area (Å²) in [5.41, 5.74) is 26.5. The van der Waals surface area contributed by atoms with E-state index >= 15 is 0 Å². The van der Waals surface area contributed by atoms with Crippen molar-refractivity contribution in [2.24, 2.45) is 34.4 Å². The molecule has 0 aliphatic carbocycles. The molecule has 0 aromatic rings. The van der Waals surface area contributed by atoms with Crippen LogP contribution in [-0.2, 0) is 42.1 Å². The topological polar surface area (TPSA) is 273 Å². The van der Waals surface area contributed by atoms with Crippen LogP contribution in [0.25, 0.3) is 0 Å².